The second-order valence-corrected chi connectivity index (χ2v) is 7.94. The van der Waals surface area contributed by atoms with Crippen LogP contribution >= 0.6 is 24.0 Å². The van der Waals surface area contributed by atoms with E-state index in [1.807, 2.05) is 7.05 Å². The Kier molecular flexibility index (Phi) is 12.0. The number of hydrogen-bond acceptors (Lipinski definition) is 3. The number of rotatable bonds is 10. The van der Waals surface area contributed by atoms with Gasteiger partial charge in [0.1, 0.15) is 0 Å². The lowest BCUT2D eigenvalue weighted by atomic mass is 9.83. The third kappa shape index (κ3) is 8.25. The van der Waals surface area contributed by atoms with E-state index in [0.717, 1.165) is 45.2 Å². The molecule has 1 aliphatic rings. The fourth-order valence-electron chi connectivity index (χ4n) is 3.97. The molecular formula is C22H39IN4O. The highest BCUT2D eigenvalue weighted by molar-refractivity contribution is 14.0. The highest BCUT2D eigenvalue weighted by atomic mass is 127. The molecule has 28 heavy (non-hydrogen) atoms. The first kappa shape index (κ1) is 25.2. The van der Waals surface area contributed by atoms with Crippen LogP contribution in [-0.4, -0.2) is 51.8 Å². The molecule has 0 atom stereocenters. The summed E-state index contributed by atoms with van der Waals surface area (Å²) in [4.78, 5) is 6.64. The van der Waals surface area contributed by atoms with E-state index in [2.05, 4.69) is 65.8 Å². The van der Waals surface area contributed by atoms with Gasteiger partial charge in [0.05, 0.1) is 0 Å². The Hall–Kier alpha value is -0.860. The van der Waals surface area contributed by atoms with Crippen molar-refractivity contribution in [3.8, 4) is 0 Å². The first-order chi connectivity index (χ1) is 13.1. The van der Waals surface area contributed by atoms with Gasteiger partial charge in [0.25, 0.3) is 0 Å². The second-order valence-electron chi connectivity index (χ2n) is 7.94. The second kappa shape index (κ2) is 13.4. The summed E-state index contributed by atoms with van der Waals surface area (Å²) in [6, 6.07) is 8.61. The highest BCUT2D eigenvalue weighted by Crippen LogP contribution is 2.40. The topological polar surface area (TPSA) is 48.9 Å². The van der Waals surface area contributed by atoms with Crippen molar-refractivity contribution in [2.45, 2.75) is 52.1 Å². The van der Waals surface area contributed by atoms with Crippen LogP contribution in [0.25, 0.3) is 0 Å². The number of nitrogens with zero attached hydrogens (tertiary/aromatic N) is 2. The summed E-state index contributed by atoms with van der Waals surface area (Å²) in [5.41, 5.74) is 3.03. The predicted octanol–water partition coefficient (Wildman–Crippen LogP) is 4.02. The highest BCUT2D eigenvalue weighted by Gasteiger charge is 2.33. The molecule has 160 valence electrons. The van der Waals surface area contributed by atoms with Crippen LogP contribution in [0.5, 0.6) is 0 Å². The van der Waals surface area contributed by atoms with Crippen molar-refractivity contribution in [1.29, 1.82) is 0 Å². The van der Waals surface area contributed by atoms with E-state index in [1.54, 1.807) is 0 Å². The maximum atomic E-state index is 5.63. The van der Waals surface area contributed by atoms with E-state index < -0.39 is 0 Å². The van der Waals surface area contributed by atoms with Crippen LogP contribution in [0.2, 0.25) is 0 Å². The molecule has 0 aromatic heterocycles. The summed E-state index contributed by atoms with van der Waals surface area (Å²) < 4.78 is 5.63. The number of ether oxygens (including phenoxy) is 1. The van der Waals surface area contributed by atoms with Crippen molar-refractivity contribution in [2.24, 2.45) is 10.4 Å². The first-order valence-corrected chi connectivity index (χ1v) is 10.3. The number of guanidine groups is 1. The zero-order valence-corrected chi connectivity index (χ0v) is 20.4. The van der Waals surface area contributed by atoms with Gasteiger partial charge >= 0.3 is 0 Å². The molecule has 0 aliphatic heterocycles. The van der Waals surface area contributed by atoms with Crippen molar-refractivity contribution in [1.82, 2.24) is 15.5 Å². The third-order valence-corrected chi connectivity index (χ3v) is 5.55. The van der Waals surface area contributed by atoms with Crippen LogP contribution in [0.15, 0.2) is 29.3 Å². The van der Waals surface area contributed by atoms with Crippen LogP contribution < -0.4 is 10.6 Å². The molecule has 1 saturated carbocycles. The van der Waals surface area contributed by atoms with Gasteiger partial charge in [0.15, 0.2) is 5.96 Å². The first-order valence-electron chi connectivity index (χ1n) is 10.3. The molecule has 2 rings (SSSR count). The van der Waals surface area contributed by atoms with E-state index in [0.29, 0.717) is 5.41 Å². The molecule has 2 N–H and O–H groups in total. The normalized spacial score (nSPS) is 16.1. The molecule has 1 aromatic carbocycles. The Morgan fingerprint density at radius 3 is 2.43 bits per heavy atom. The number of nitrogens with one attached hydrogen (secondary N) is 2. The van der Waals surface area contributed by atoms with Gasteiger partial charge in [0, 0.05) is 39.9 Å². The van der Waals surface area contributed by atoms with Crippen LogP contribution in [-0.2, 0) is 17.8 Å². The lowest BCUT2D eigenvalue weighted by molar-refractivity contribution is 0.105. The minimum absolute atomic E-state index is 0. The number of hydrogen-bond donors (Lipinski definition) is 2. The van der Waals surface area contributed by atoms with Crippen molar-refractivity contribution < 1.29 is 4.74 Å². The molecule has 1 aliphatic carbocycles. The molecule has 0 radical (unpaired) electrons. The molecule has 0 heterocycles. The molecule has 6 heteroatoms. The Morgan fingerprint density at radius 2 is 1.82 bits per heavy atom. The zero-order chi connectivity index (χ0) is 19.5. The standard InChI is InChI=1S/C22H38N4O.HI/c1-5-27-15-14-22(12-8-9-13-22)18-25-21(23-2)24-16-19-10-6-7-11-20(19)17-26(3)4;/h6-7,10-11H,5,8-9,12-18H2,1-4H3,(H2,23,24,25);1H. The van der Waals surface area contributed by atoms with E-state index in [4.69, 9.17) is 4.74 Å². The van der Waals surface area contributed by atoms with Gasteiger partial charge in [-0.3, -0.25) is 4.99 Å². The van der Waals surface area contributed by atoms with Gasteiger partial charge in [-0.15, -0.1) is 24.0 Å². The maximum Gasteiger partial charge on any atom is 0.191 e. The predicted molar refractivity (Wildman–Crippen MR) is 129 cm³/mol. The largest absolute Gasteiger partial charge is 0.382 e. The van der Waals surface area contributed by atoms with Gasteiger partial charge < -0.3 is 20.3 Å². The number of benzene rings is 1. The van der Waals surface area contributed by atoms with E-state index in [9.17, 15) is 0 Å². The minimum atomic E-state index is 0. The van der Waals surface area contributed by atoms with Crippen molar-refractivity contribution in [3.63, 3.8) is 0 Å². The SMILES string of the molecule is CCOCCC1(CNC(=NC)NCc2ccccc2CN(C)C)CCCC1.I. The molecule has 1 aromatic rings. The molecule has 0 saturated heterocycles. The van der Waals surface area contributed by atoms with Crippen molar-refractivity contribution in [3.05, 3.63) is 35.4 Å². The quantitative estimate of drug-likeness (QED) is 0.220. The van der Waals surface area contributed by atoms with Gasteiger partial charge in [0.2, 0.25) is 0 Å². The molecule has 0 unspecified atom stereocenters. The molecular weight excluding hydrogens is 463 g/mol. The Bertz CT molecular complexity index is 586. The summed E-state index contributed by atoms with van der Waals surface area (Å²) in [6.07, 6.45) is 6.37. The van der Waals surface area contributed by atoms with Gasteiger partial charge in [-0.25, -0.2) is 0 Å². The average molecular weight is 502 g/mol. The summed E-state index contributed by atoms with van der Waals surface area (Å²) >= 11 is 0. The van der Waals surface area contributed by atoms with Gasteiger partial charge in [-0.2, -0.15) is 0 Å². The number of halogens is 1. The van der Waals surface area contributed by atoms with Crippen LogP contribution in [0.4, 0.5) is 0 Å². The smallest absolute Gasteiger partial charge is 0.191 e. The summed E-state index contributed by atoms with van der Waals surface area (Å²) in [5, 5.41) is 7.08. The van der Waals surface area contributed by atoms with Crippen molar-refractivity contribution in [2.75, 3.05) is 40.9 Å². The zero-order valence-electron chi connectivity index (χ0n) is 18.1. The Labute approximate surface area is 188 Å². The monoisotopic (exact) mass is 502 g/mol. The fourth-order valence-corrected chi connectivity index (χ4v) is 3.97. The maximum absolute atomic E-state index is 5.63. The van der Waals surface area contributed by atoms with Gasteiger partial charge in [-0.05, 0) is 56.8 Å². The average Bonchev–Trinajstić information content (AvgIpc) is 3.12. The van der Waals surface area contributed by atoms with Gasteiger partial charge in [-0.1, -0.05) is 37.1 Å². The summed E-state index contributed by atoms with van der Waals surface area (Å²) in [7, 11) is 6.06. The molecule has 5 nitrogen and oxygen atoms in total. The van der Waals surface area contributed by atoms with Crippen LogP contribution in [0, 0.1) is 5.41 Å². The number of aliphatic imine (C=N–C) groups is 1. The minimum Gasteiger partial charge on any atom is -0.382 e. The van der Waals surface area contributed by atoms with E-state index in [-0.39, 0.29) is 24.0 Å². The fraction of sp³-hybridized carbons (Fsp3) is 0.682. The molecule has 1 fully saturated rings. The van der Waals surface area contributed by atoms with Crippen LogP contribution in [0.1, 0.15) is 50.2 Å². The summed E-state index contributed by atoms with van der Waals surface area (Å²) in [6.45, 7) is 6.44. The molecule has 0 bridgehead atoms. The van der Waals surface area contributed by atoms with Crippen LogP contribution in [0.3, 0.4) is 0 Å². The Morgan fingerprint density at radius 1 is 1.14 bits per heavy atom. The lowest BCUT2D eigenvalue weighted by Crippen LogP contribution is -2.43. The third-order valence-electron chi connectivity index (χ3n) is 5.55. The van der Waals surface area contributed by atoms with E-state index in [1.165, 1.54) is 36.8 Å². The molecule has 0 amide bonds. The van der Waals surface area contributed by atoms with E-state index >= 15 is 0 Å². The lowest BCUT2D eigenvalue weighted by Gasteiger charge is -2.30. The summed E-state index contributed by atoms with van der Waals surface area (Å²) in [5.74, 6) is 0.886. The Balaban J connectivity index is 0.00000392. The van der Waals surface area contributed by atoms with Crippen molar-refractivity contribution >= 4 is 29.9 Å². The molecule has 0 spiro atoms.